The fourth-order valence-corrected chi connectivity index (χ4v) is 4.54. The van der Waals surface area contributed by atoms with Crippen molar-refractivity contribution in [1.29, 1.82) is 0 Å². The number of rotatable bonds is 6. The highest BCUT2D eigenvalue weighted by molar-refractivity contribution is 5.81. The first-order valence-electron chi connectivity index (χ1n) is 11.7. The second-order valence-electron chi connectivity index (χ2n) is 8.69. The van der Waals surface area contributed by atoms with Crippen LogP contribution in [0.5, 0.6) is 0 Å². The minimum atomic E-state index is -0.337. The molecule has 1 amide bonds. The number of morpholine rings is 1. The molecular weight excluding hydrogens is 420 g/mol. The number of anilines is 1. The Labute approximate surface area is 194 Å². The molecule has 0 aliphatic carbocycles. The molecule has 33 heavy (non-hydrogen) atoms. The first-order valence-corrected chi connectivity index (χ1v) is 11.7. The van der Waals surface area contributed by atoms with E-state index in [0.717, 1.165) is 35.7 Å². The largest absolute Gasteiger partial charge is 0.466 e. The van der Waals surface area contributed by atoms with E-state index in [-0.39, 0.29) is 36.9 Å². The molecular formula is C25H32N4O4. The van der Waals surface area contributed by atoms with Gasteiger partial charge in [0, 0.05) is 43.6 Å². The Hall–Kier alpha value is -3.00. The molecule has 8 nitrogen and oxygen atoms in total. The lowest BCUT2D eigenvalue weighted by Gasteiger charge is -2.39. The van der Waals surface area contributed by atoms with Gasteiger partial charge in [0.05, 0.1) is 37.5 Å². The molecule has 1 fully saturated rings. The van der Waals surface area contributed by atoms with Gasteiger partial charge in [-0.25, -0.2) is 9.97 Å². The minimum absolute atomic E-state index is 0.0458. The van der Waals surface area contributed by atoms with Gasteiger partial charge in [-0.15, -0.1) is 0 Å². The Morgan fingerprint density at radius 3 is 2.52 bits per heavy atom. The predicted octanol–water partition coefficient (Wildman–Crippen LogP) is 2.99. The molecule has 1 saturated heterocycles. The van der Waals surface area contributed by atoms with Crippen LogP contribution in [0.2, 0.25) is 0 Å². The molecule has 2 unspecified atom stereocenters. The SMILES string of the molecule is CCOC(=O)CCC(=O)N1CCc2nc(-c3ccccc3)nc(N3CC(C)OC(C)C3)c2C1. The van der Waals surface area contributed by atoms with E-state index in [2.05, 4.69) is 18.7 Å². The van der Waals surface area contributed by atoms with Crippen LogP contribution in [-0.2, 0) is 32.0 Å². The van der Waals surface area contributed by atoms with E-state index in [1.807, 2.05) is 35.2 Å². The summed E-state index contributed by atoms with van der Waals surface area (Å²) in [6.07, 6.45) is 1.09. The number of carbonyl (C=O) groups is 2. The van der Waals surface area contributed by atoms with Gasteiger partial charge in [-0.3, -0.25) is 9.59 Å². The summed E-state index contributed by atoms with van der Waals surface area (Å²) in [5.41, 5.74) is 2.95. The van der Waals surface area contributed by atoms with Crippen molar-refractivity contribution >= 4 is 17.7 Å². The Kier molecular flexibility index (Phi) is 7.23. The zero-order valence-electron chi connectivity index (χ0n) is 19.6. The molecule has 8 heteroatoms. The monoisotopic (exact) mass is 452 g/mol. The highest BCUT2D eigenvalue weighted by Gasteiger charge is 2.31. The van der Waals surface area contributed by atoms with Gasteiger partial charge in [-0.2, -0.15) is 0 Å². The lowest BCUT2D eigenvalue weighted by atomic mass is 10.0. The van der Waals surface area contributed by atoms with E-state index in [9.17, 15) is 9.59 Å². The van der Waals surface area contributed by atoms with Gasteiger partial charge in [-0.1, -0.05) is 30.3 Å². The van der Waals surface area contributed by atoms with Crippen LogP contribution in [0.3, 0.4) is 0 Å². The van der Waals surface area contributed by atoms with Crippen LogP contribution >= 0.6 is 0 Å². The molecule has 2 aliphatic heterocycles. The van der Waals surface area contributed by atoms with Crippen molar-refractivity contribution in [3.05, 3.63) is 41.6 Å². The van der Waals surface area contributed by atoms with Crippen molar-refractivity contribution in [3.8, 4) is 11.4 Å². The lowest BCUT2D eigenvalue weighted by Crippen LogP contribution is -2.47. The summed E-state index contributed by atoms with van der Waals surface area (Å²) in [6.45, 7) is 8.72. The topological polar surface area (TPSA) is 84.9 Å². The van der Waals surface area contributed by atoms with Crippen molar-refractivity contribution in [3.63, 3.8) is 0 Å². The van der Waals surface area contributed by atoms with Crippen molar-refractivity contribution in [2.45, 2.75) is 58.8 Å². The van der Waals surface area contributed by atoms with Crippen LogP contribution in [0.1, 0.15) is 44.9 Å². The first-order chi connectivity index (χ1) is 15.9. The van der Waals surface area contributed by atoms with Gasteiger partial charge >= 0.3 is 5.97 Å². The van der Waals surface area contributed by atoms with Crippen molar-refractivity contribution in [2.75, 3.05) is 31.1 Å². The van der Waals surface area contributed by atoms with E-state index in [0.29, 0.717) is 31.9 Å². The maximum absolute atomic E-state index is 12.8. The van der Waals surface area contributed by atoms with Crippen LogP contribution in [0.25, 0.3) is 11.4 Å². The van der Waals surface area contributed by atoms with Crippen molar-refractivity contribution in [2.24, 2.45) is 0 Å². The van der Waals surface area contributed by atoms with Crippen LogP contribution in [0, 0.1) is 0 Å². The average Bonchev–Trinajstić information content (AvgIpc) is 2.81. The van der Waals surface area contributed by atoms with Crippen LogP contribution in [0.4, 0.5) is 5.82 Å². The molecule has 4 rings (SSSR count). The highest BCUT2D eigenvalue weighted by atomic mass is 16.5. The average molecular weight is 453 g/mol. The van der Waals surface area contributed by atoms with E-state index < -0.39 is 0 Å². The van der Waals surface area contributed by atoms with Crippen LogP contribution < -0.4 is 4.90 Å². The normalized spacial score (nSPS) is 20.3. The number of benzene rings is 1. The van der Waals surface area contributed by atoms with Crippen LogP contribution in [-0.4, -0.2) is 65.2 Å². The summed E-state index contributed by atoms with van der Waals surface area (Å²) in [5, 5.41) is 0. The third kappa shape index (κ3) is 5.50. The van der Waals surface area contributed by atoms with Gasteiger partial charge in [0.15, 0.2) is 5.82 Å². The molecule has 176 valence electrons. The maximum Gasteiger partial charge on any atom is 0.306 e. The van der Waals surface area contributed by atoms with Crippen molar-refractivity contribution < 1.29 is 19.1 Å². The smallest absolute Gasteiger partial charge is 0.306 e. The number of esters is 1. The Bertz CT molecular complexity index is 987. The van der Waals surface area contributed by atoms with Crippen LogP contribution in [0.15, 0.2) is 30.3 Å². The van der Waals surface area contributed by atoms with Gasteiger partial charge in [0.25, 0.3) is 0 Å². The fraction of sp³-hybridized carbons (Fsp3) is 0.520. The molecule has 0 saturated carbocycles. The molecule has 0 spiro atoms. The number of amides is 1. The lowest BCUT2D eigenvalue weighted by molar-refractivity contribution is -0.145. The quantitative estimate of drug-likeness (QED) is 0.623. The van der Waals surface area contributed by atoms with Gasteiger partial charge < -0.3 is 19.3 Å². The molecule has 0 bridgehead atoms. The molecule has 1 aromatic heterocycles. The van der Waals surface area contributed by atoms with Gasteiger partial charge in [-0.05, 0) is 20.8 Å². The third-order valence-corrected chi connectivity index (χ3v) is 5.99. The second kappa shape index (κ2) is 10.3. The molecule has 2 atom stereocenters. The number of carbonyl (C=O) groups excluding carboxylic acids is 2. The zero-order chi connectivity index (χ0) is 23.4. The number of nitrogens with zero attached hydrogens (tertiary/aromatic N) is 4. The standard InChI is InChI=1S/C25H32N4O4/c1-4-32-23(31)11-10-22(30)28-13-12-21-20(16-28)25(29-14-17(2)33-18(3)15-29)27-24(26-21)19-8-6-5-7-9-19/h5-9,17-18H,4,10-16H2,1-3H3. The Morgan fingerprint density at radius 1 is 1.09 bits per heavy atom. The summed E-state index contributed by atoms with van der Waals surface area (Å²) in [7, 11) is 0. The van der Waals surface area contributed by atoms with Gasteiger partial charge in [0.2, 0.25) is 5.91 Å². The highest BCUT2D eigenvalue weighted by Crippen LogP contribution is 2.31. The van der Waals surface area contributed by atoms with Crippen molar-refractivity contribution in [1.82, 2.24) is 14.9 Å². The second-order valence-corrected chi connectivity index (χ2v) is 8.69. The summed E-state index contributed by atoms with van der Waals surface area (Å²) in [6, 6.07) is 9.99. The molecule has 1 aromatic carbocycles. The minimum Gasteiger partial charge on any atom is -0.466 e. The summed E-state index contributed by atoms with van der Waals surface area (Å²) in [5.74, 6) is 1.20. The Morgan fingerprint density at radius 2 is 1.82 bits per heavy atom. The summed E-state index contributed by atoms with van der Waals surface area (Å²) in [4.78, 5) is 38.5. The first kappa shape index (κ1) is 23.2. The fourth-order valence-electron chi connectivity index (χ4n) is 4.54. The molecule has 2 aromatic rings. The number of hydrogen-bond acceptors (Lipinski definition) is 7. The molecule has 0 N–H and O–H groups in total. The number of hydrogen-bond donors (Lipinski definition) is 0. The Balaban J connectivity index is 1.62. The van der Waals surface area contributed by atoms with Gasteiger partial charge in [0.1, 0.15) is 5.82 Å². The van der Waals surface area contributed by atoms with E-state index in [1.165, 1.54) is 0 Å². The van der Waals surface area contributed by atoms with E-state index >= 15 is 0 Å². The zero-order valence-corrected chi connectivity index (χ0v) is 19.6. The number of ether oxygens (including phenoxy) is 2. The van der Waals surface area contributed by atoms with E-state index in [1.54, 1.807) is 6.92 Å². The maximum atomic E-state index is 12.8. The summed E-state index contributed by atoms with van der Waals surface area (Å²) >= 11 is 0. The molecule has 0 radical (unpaired) electrons. The third-order valence-electron chi connectivity index (χ3n) is 5.99. The molecule has 2 aliphatic rings. The number of fused-ring (bicyclic) bond motifs is 1. The number of aromatic nitrogens is 2. The summed E-state index contributed by atoms with van der Waals surface area (Å²) < 4.78 is 10.9. The molecule has 3 heterocycles. The van der Waals surface area contributed by atoms with E-state index in [4.69, 9.17) is 19.4 Å². The predicted molar refractivity (Wildman–Crippen MR) is 125 cm³/mol.